The first-order chi connectivity index (χ1) is 13.0. The number of carbonyl (C=O) groups excluding carboxylic acids is 2. The van der Waals surface area contributed by atoms with Gasteiger partial charge < -0.3 is 19.5 Å². The Balaban J connectivity index is 1.55. The van der Waals surface area contributed by atoms with Gasteiger partial charge in [-0.2, -0.15) is 0 Å². The van der Waals surface area contributed by atoms with Gasteiger partial charge in [-0.25, -0.2) is 0 Å². The van der Waals surface area contributed by atoms with E-state index >= 15 is 0 Å². The first kappa shape index (κ1) is 17.3. The highest BCUT2D eigenvalue weighted by molar-refractivity contribution is 6.10. The minimum absolute atomic E-state index is 0.184. The number of anilines is 1. The van der Waals surface area contributed by atoms with Gasteiger partial charge in [0.1, 0.15) is 0 Å². The molecule has 1 amide bonds. The predicted molar refractivity (Wildman–Crippen MR) is 99.6 cm³/mol. The molecule has 0 radical (unpaired) electrons. The van der Waals surface area contributed by atoms with Gasteiger partial charge in [-0.15, -0.1) is 0 Å². The molecule has 138 valence electrons. The quantitative estimate of drug-likeness (QED) is 0.825. The summed E-state index contributed by atoms with van der Waals surface area (Å²) in [4.78, 5) is 26.7. The van der Waals surface area contributed by atoms with Crippen molar-refractivity contribution in [1.29, 1.82) is 0 Å². The van der Waals surface area contributed by atoms with Gasteiger partial charge in [0, 0.05) is 12.1 Å². The fraction of sp³-hybridized carbons (Fsp3) is 0.238. The fourth-order valence-electron chi connectivity index (χ4n) is 3.51. The van der Waals surface area contributed by atoms with Crippen LogP contribution in [0.4, 0.5) is 5.69 Å². The molecule has 2 aromatic carbocycles. The van der Waals surface area contributed by atoms with E-state index in [-0.39, 0.29) is 19.0 Å². The summed E-state index contributed by atoms with van der Waals surface area (Å²) in [6.07, 6.45) is 2.71. The summed E-state index contributed by atoms with van der Waals surface area (Å²) >= 11 is 0. The monoisotopic (exact) mass is 365 g/mol. The molecule has 0 unspecified atom stereocenters. The molecule has 0 fully saturated rings. The Morgan fingerprint density at radius 2 is 2.00 bits per heavy atom. The molecular weight excluding hydrogens is 346 g/mol. The van der Waals surface area contributed by atoms with E-state index in [1.807, 2.05) is 13.0 Å². The number of ether oxygens (including phenoxy) is 2. The summed E-state index contributed by atoms with van der Waals surface area (Å²) in [5.74, 6) is 0.495. The molecule has 1 atom stereocenters. The lowest BCUT2D eigenvalue weighted by molar-refractivity contribution is -0.140. The molecule has 6 nitrogen and oxygen atoms in total. The molecule has 1 N–H and O–H groups in total. The second-order valence-corrected chi connectivity index (χ2v) is 6.52. The Morgan fingerprint density at radius 1 is 1.22 bits per heavy atom. The van der Waals surface area contributed by atoms with Crippen molar-refractivity contribution < 1.29 is 24.2 Å². The highest BCUT2D eigenvalue weighted by Crippen LogP contribution is 2.42. The minimum Gasteiger partial charge on any atom is -0.454 e. The van der Waals surface area contributed by atoms with Gasteiger partial charge in [-0.3, -0.25) is 9.59 Å². The molecule has 0 spiro atoms. The van der Waals surface area contributed by atoms with E-state index in [9.17, 15) is 14.7 Å². The van der Waals surface area contributed by atoms with Crippen LogP contribution in [0.15, 0.2) is 48.5 Å². The topological polar surface area (TPSA) is 76.1 Å². The van der Waals surface area contributed by atoms with Gasteiger partial charge in [-0.1, -0.05) is 30.3 Å². The van der Waals surface area contributed by atoms with Crippen LogP contribution in [0, 0.1) is 0 Å². The van der Waals surface area contributed by atoms with Gasteiger partial charge >= 0.3 is 0 Å². The summed E-state index contributed by atoms with van der Waals surface area (Å²) in [6, 6.07) is 12.4. The Kier molecular flexibility index (Phi) is 4.20. The zero-order chi connectivity index (χ0) is 19.0. The molecule has 0 aromatic heterocycles. The van der Waals surface area contributed by atoms with Crippen LogP contribution >= 0.6 is 0 Å². The molecule has 0 bridgehead atoms. The summed E-state index contributed by atoms with van der Waals surface area (Å²) in [5, 5.41) is 11.0. The number of para-hydroxylation sites is 1. The van der Waals surface area contributed by atoms with Gasteiger partial charge in [0.25, 0.3) is 5.91 Å². The first-order valence-electron chi connectivity index (χ1n) is 8.77. The lowest BCUT2D eigenvalue weighted by atomic mass is 9.89. The van der Waals surface area contributed by atoms with Crippen LogP contribution in [-0.4, -0.2) is 30.1 Å². The van der Waals surface area contributed by atoms with Crippen LogP contribution in [0.3, 0.4) is 0 Å². The van der Waals surface area contributed by atoms with Crippen LogP contribution in [0.1, 0.15) is 24.5 Å². The van der Waals surface area contributed by atoms with Gasteiger partial charge in [-0.05, 0) is 36.8 Å². The maximum absolute atomic E-state index is 12.7. The number of carbonyl (C=O) groups is 2. The molecule has 0 saturated heterocycles. The van der Waals surface area contributed by atoms with Crippen molar-refractivity contribution in [2.24, 2.45) is 0 Å². The number of likely N-dealkylation sites (N-methyl/N-ethyl adjacent to an activating group) is 1. The molecule has 2 aliphatic heterocycles. The maximum Gasteiger partial charge on any atom is 0.264 e. The third-order valence-corrected chi connectivity index (χ3v) is 4.84. The summed E-state index contributed by atoms with van der Waals surface area (Å²) in [5.41, 5.74) is 0.0674. The lowest BCUT2D eigenvalue weighted by Gasteiger charge is -2.21. The first-order valence-corrected chi connectivity index (χ1v) is 8.77. The van der Waals surface area contributed by atoms with E-state index in [0.29, 0.717) is 29.3 Å². The van der Waals surface area contributed by atoms with Crippen molar-refractivity contribution >= 4 is 23.5 Å². The fourth-order valence-corrected chi connectivity index (χ4v) is 3.51. The van der Waals surface area contributed by atoms with E-state index in [1.54, 1.807) is 42.5 Å². The number of hydrogen-bond acceptors (Lipinski definition) is 5. The number of aliphatic hydroxyl groups is 1. The third-order valence-electron chi connectivity index (χ3n) is 4.84. The van der Waals surface area contributed by atoms with E-state index in [1.165, 1.54) is 11.0 Å². The molecule has 0 saturated carbocycles. The third kappa shape index (κ3) is 2.88. The van der Waals surface area contributed by atoms with Crippen molar-refractivity contribution in [3.05, 3.63) is 59.7 Å². The van der Waals surface area contributed by atoms with Crippen molar-refractivity contribution in [3.63, 3.8) is 0 Å². The molecule has 4 rings (SSSR count). The number of rotatable bonds is 5. The summed E-state index contributed by atoms with van der Waals surface area (Å²) in [7, 11) is 0. The van der Waals surface area contributed by atoms with E-state index in [2.05, 4.69) is 0 Å². The number of hydrogen-bond donors (Lipinski definition) is 1. The van der Waals surface area contributed by atoms with Gasteiger partial charge in [0.15, 0.2) is 22.9 Å². The molecule has 2 aromatic rings. The second kappa shape index (κ2) is 6.55. The summed E-state index contributed by atoms with van der Waals surface area (Å²) < 4.78 is 10.6. The van der Waals surface area contributed by atoms with Crippen molar-refractivity contribution in [2.75, 3.05) is 18.2 Å². The highest BCUT2D eigenvalue weighted by atomic mass is 16.7. The molecule has 2 aliphatic rings. The Morgan fingerprint density at radius 3 is 2.81 bits per heavy atom. The van der Waals surface area contributed by atoms with Crippen LogP contribution in [-0.2, 0) is 15.2 Å². The number of amides is 1. The van der Waals surface area contributed by atoms with Crippen molar-refractivity contribution in [3.8, 4) is 11.5 Å². The largest absolute Gasteiger partial charge is 0.454 e. The number of allylic oxidation sites excluding steroid dienone is 1. The average molecular weight is 365 g/mol. The van der Waals surface area contributed by atoms with E-state index in [0.717, 1.165) is 5.56 Å². The zero-order valence-electron chi connectivity index (χ0n) is 14.8. The normalized spacial score (nSPS) is 20.4. The number of nitrogens with zero attached hydrogens (tertiary/aromatic N) is 1. The zero-order valence-corrected chi connectivity index (χ0v) is 14.8. The van der Waals surface area contributed by atoms with E-state index < -0.39 is 11.5 Å². The SMILES string of the molecule is CCN1C(=O)[C@@](O)(CC(=O)/C=C/c2ccc3c(c2)OCO3)c2ccccc21. The van der Waals surface area contributed by atoms with Crippen molar-refractivity contribution in [2.45, 2.75) is 18.9 Å². The lowest BCUT2D eigenvalue weighted by Crippen LogP contribution is -2.41. The van der Waals surface area contributed by atoms with E-state index in [4.69, 9.17) is 9.47 Å². The van der Waals surface area contributed by atoms with Crippen LogP contribution in [0.5, 0.6) is 11.5 Å². The number of ketones is 1. The Hall–Kier alpha value is -3.12. The van der Waals surface area contributed by atoms with Crippen LogP contribution in [0.2, 0.25) is 0 Å². The Labute approximate surface area is 156 Å². The second-order valence-electron chi connectivity index (χ2n) is 6.52. The molecular formula is C21H19NO5. The molecule has 6 heteroatoms. The van der Waals surface area contributed by atoms with Gasteiger partial charge in [0.2, 0.25) is 6.79 Å². The molecule has 27 heavy (non-hydrogen) atoms. The maximum atomic E-state index is 12.7. The molecule has 0 aliphatic carbocycles. The number of benzene rings is 2. The standard InChI is InChI=1S/C21H19NO5/c1-2-22-17-6-4-3-5-16(17)21(25,20(22)24)12-15(23)9-7-14-8-10-18-19(11-14)27-13-26-18/h3-11,25H,2,12-13H2,1H3/b9-7+/t21-/m1/s1. The number of fused-ring (bicyclic) bond motifs is 2. The molecule has 2 heterocycles. The van der Waals surface area contributed by atoms with Crippen LogP contribution in [0.25, 0.3) is 6.08 Å². The minimum atomic E-state index is -1.83. The highest BCUT2D eigenvalue weighted by Gasteiger charge is 2.49. The average Bonchev–Trinajstić information content (AvgIpc) is 3.22. The predicted octanol–water partition coefficient (Wildman–Crippen LogP) is 2.64. The smallest absolute Gasteiger partial charge is 0.264 e. The Bertz CT molecular complexity index is 951. The summed E-state index contributed by atoms with van der Waals surface area (Å²) in [6.45, 7) is 2.45. The van der Waals surface area contributed by atoms with Crippen molar-refractivity contribution in [1.82, 2.24) is 0 Å². The van der Waals surface area contributed by atoms with Gasteiger partial charge in [0.05, 0.1) is 12.1 Å². The van der Waals surface area contributed by atoms with Crippen LogP contribution < -0.4 is 14.4 Å².